The Morgan fingerprint density at radius 3 is 2.62 bits per heavy atom. The van der Waals surface area contributed by atoms with Gasteiger partial charge < -0.3 is 5.11 Å². The molecule has 0 radical (unpaired) electrons. The smallest absolute Gasteiger partial charge is 0.335 e. The first-order valence-corrected chi connectivity index (χ1v) is 7.61. The van der Waals surface area contributed by atoms with E-state index in [-0.39, 0.29) is 16.0 Å². The van der Waals surface area contributed by atoms with Crippen LogP contribution in [0.4, 0.5) is 4.39 Å². The van der Waals surface area contributed by atoms with Crippen LogP contribution in [0, 0.1) is 12.7 Å². The molecule has 1 heterocycles. The maximum Gasteiger partial charge on any atom is 0.335 e. The van der Waals surface area contributed by atoms with Crippen molar-refractivity contribution >= 4 is 15.8 Å². The average Bonchev–Trinajstić information content (AvgIpc) is 2.38. The van der Waals surface area contributed by atoms with Gasteiger partial charge in [-0.15, -0.1) is 0 Å². The third-order valence-electron chi connectivity index (χ3n) is 2.89. The van der Waals surface area contributed by atoms with E-state index in [0.717, 1.165) is 18.3 Å². The number of aromatic carboxylic acids is 1. The van der Waals surface area contributed by atoms with E-state index in [1.165, 1.54) is 18.3 Å². The Morgan fingerprint density at radius 2 is 2.00 bits per heavy atom. The van der Waals surface area contributed by atoms with Crippen molar-refractivity contribution in [2.24, 2.45) is 0 Å². The van der Waals surface area contributed by atoms with E-state index >= 15 is 0 Å². The monoisotopic (exact) mass is 309 g/mol. The minimum Gasteiger partial charge on any atom is -0.478 e. The highest BCUT2D eigenvalue weighted by Crippen LogP contribution is 2.21. The number of pyridine rings is 1. The lowest BCUT2D eigenvalue weighted by Gasteiger charge is -2.09. The van der Waals surface area contributed by atoms with Gasteiger partial charge in [0.1, 0.15) is 5.82 Å². The lowest BCUT2D eigenvalue weighted by Crippen LogP contribution is -2.09. The second-order valence-corrected chi connectivity index (χ2v) is 6.51. The molecule has 0 saturated carbocycles. The molecule has 0 atom stereocenters. The molecule has 0 aliphatic rings. The zero-order valence-corrected chi connectivity index (χ0v) is 11.9. The number of carboxylic acid groups (broad SMARTS) is 1. The van der Waals surface area contributed by atoms with Crippen LogP contribution < -0.4 is 0 Å². The van der Waals surface area contributed by atoms with Crippen molar-refractivity contribution in [2.45, 2.75) is 17.6 Å². The highest BCUT2D eigenvalue weighted by atomic mass is 32.2. The molecule has 0 spiro atoms. The third kappa shape index (κ3) is 3.43. The summed E-state index contributed by atoms with van der Waals surface area (Å²) in [4.78, 5) is 14.5. The van der Waals surface area contributed by atoms with E-state index in [0.29, 0.717) is 5.56 Å². The molecule has 0 aliphatic carbocycles. The van der Waals surface area contributed by atoms with Crippen LogP contribution in [0.1, 0.15) is 21.5 Å². The van der Waals surface area contributed by atoms with Crippen molar-refractivity contribution in [1.29, 1.82) is 0 Å². The Kier molecular flexibility index (Phi) is 4.04. The molecule has 2 rings (SSSR count). The number of sulfone groups is 1. The van der Waals surface area contributed by atoms with Gasteiger partial charge in [-0.2, -0.15) is 0 Å². The average molecular weight is 309 g/mol. The van der Waals surface area contributed by atoms with Crippen LogP contribution in [-0.4, -0.2) is 24.5 Å². The standard InChI is InChI=1S/C14H12FNO4S/c1-9-2-3-11(14(17)18)5-13(9)21(19,20)8-10-4-12(15)7-16-6-10/h2-7H,8H2,1H3,(H,17,18). The predicted octanol–water partition coefficient (Wildman–Crippen LogP) is 2.20. The summed E-state index contributed by atoms with van der Waals surface area (Å²) in [5, 5.41) is 8.94. The fraction of sp³-hybridized carbons (Fsp3) is 0.143. The summed E-state index contributed by atoms with van der Waals surface area (Å²) in [6.45, 7) is 1.57. The van der Waals surface area contributed by atoms with Gasteiger partial charge in [0, 0.05) is 6.20 Å². The summed E-state index contributed by atoms with van der Waals surface area (Å²) in [5.41, 5.74) is 0.524. The summed E-state index contributed by atoms with van der Waals surface area (Å²) in [6, 6.07) is 4.96. The summed E-state index contributed by atoms with van der Waals surface area (Å²) in [6.07, 6.45) is 2.24. The van der Waals surface area contributed by atoms with Crippen LogP contribution in [0.2, 0.25) is 0 Å². The van der Waals surface area contributed by atoms with Gasteiger partial charge in [-0.25, -0.2) is 17.6 Å². The van der Waals surface area contributed by atoms with Crippen LogP contribution in [0.5, 0.6) is 0 Å². The number of carboxylic acids is 1. The molecule has 0 aliphatic heterocycles. The molecular weight excluding hydrogens is 297 g/mol. The Hall–Kier alpha value is -2.28. The van der Waals surface area contributed by atoms with Gasteiger partial charge in [0.2, 0.25) is 0 Å². The van der Waals surface area contributed by atoms with E-state index in [1.54, 1.807) is 6.92 Å². The Labute approximate surface area is 121 Å². The number of hydrogen-bond acceptors (Lipinski definition) is 4. The van der Waals surface area contributed by atoms with Crippen LogP contribution in [0.25, 0.3) is 0 Å². The van der Waals surface area contributed by atoms with Crippen molar-refractivity contribution in [3.63, 3.8) is 0 Å². The van der Waals surface area contributed by atoms with Crippen LogP contribution in [0.15, 0.2) is 41.6 Å². The number of rotatable bonds is 4. The molecular formula is C14H12FNO4S. The zero-order valence-electron chi connectivity index (χ0n) is 11.1. The molecule has 0 unspecified atom stereocenters. The topological polar surface area (TPSA) is 84.3 Å². The molecule has 1 aromatic heterocycles. The molecule has 0 bridgehead atoms. The van der Waals surface area contributed by atoms with E-state index in [1.807, 2.05) is 0 Å². The van der Waals surface area contributed by atoms with Gasteiger partial charge in [-0.05, 0) is 36.2 Å². The van der Waals surface area contributed by atoms with Crippen molar-refractivity contribution in [3.8, 4) is 0 Å². The fourth-order valence-electron chi connectivity index (χ4n) is 1.90. The molecule has 1 N–H and O–H groups in total. The first-order valence-electron chi connectivity index (χ1n) is 5.96. The number of halogens is 1. The molecule has 21 heavy (non-hydrogen) atoms. The molecule has 1 aromatic carbocycles. The number of nitrogens with zero attached hydrogens (tertiary/aromatic N) is 1. The van der Waals surface area contributed by atoms with Gasteiger partial charge in [0.05, 0.1) is 22.4 Å². The van der Waals surface area contributed by atoms with Crippen molar-refractivity contribution in [1.82, 2.24) is 4.98 Å². The second-order valence-electron chi connectivity index (χ2n) is 4.56. The quantitative estimate of drug-likeness (QED) is 0.936. The second kappa shape index (κ2) is 5.61. The lowest BCUT2D eigenvalue weighted by molar-refractivity contribution is 0.0696. The molecule has 5 nitrogen and oxygen atoms in total. The Balaban J connectivity index is 2.44. The summed E-state index contributed by atoms with van der Waals surface area (Å²) in [5.74, 6) is -2.28. The normalized spacial score (nSPS) is 11.3. The number of carbonyl (C=O) groups is 1. The largest absolute Gasteiger partial charge is 0.478 e. The number of hydrogen-bond donors (Lipinski definition) is 1. The minimum absolute atomic E-state index is 0.0772. The summed E-state index contributed by atoms with van der Waals surface area (Å²) < 4.78 is 37.8. The molecule has 110 valence electrons. The Bertz CT molecular complexity index is 802. The van der Waals surface area contributed by atoms with Gasteiger partial charge in [-0.1, -0.05) is 6.07 Å². The number of aryl methyl sites for hydroxylation is 1. The summed E-state index contributed by atoms with van der Waals surface area (Å²) >= 11 is 0. The lowest BCUT2D eigenvalue weighted by atomic mass is 10.1. The van der Waals surface area contributed by atoms with Crippen molar-refractivity contribution in [2.75, 3.05) is 0 Å². The molecule has 0 saturated heterocycles. The van der Waals surface area contributed by atoms with E-state index in [4.69, 9.17) is 5.11 Å². The van der Waals surface area contributed by atoms with Crippen LogP contribution in [0.3, 0.4) is 0 Å². The molecule has 2 aromatic rings. The summed E-state index contributed by atoms with van der Waals surface area (Å²) in [7, 11) is -3.79. The van der Waals surface area contributed by atoms with Gasteiger partial charge in [0.15, 0.2) is 9.84 Å². The highest BCUT2D eigenvalue weighted by molar-refractivity contribution is 7.90. The van der Waals surface area contributed by atoms with E-state index in [2.05, 4.69) is 4.98 Å². The third-order valence-corrected chi connectivity index (χ3v) is 4.71. The van der Waals surface area contributed by atoms with Gasteiger partial charge in [0.25, 0.3) is 0 Å². The number of benzene rings is 1. The highest BCUT2D eigenvalue weighted by Gasteiger charge is 2.20. The van der Waals surface area contributed by atoms with Gasteiger partial charge in [-0.3, -0.25) is 4.98 Å². The molecule has 0 fully saturated rings. The zero-order chi connectivity index (χ0) is 15.6. The van der Waals surface area contributed by atoms with Crippen molar-refractivity contribution < 1.29 is 22.7 Å². The van der Waals surface area contributed by atoms with Crippen molar-refractivity contribution in [3.05, 3.63) is 59.2 Å². The SMILES string of the molecule is Cc1ccc(C(=O)O)cc1S(=O)(=O)Cc1cncc(F)c1. The minimum atomic E-state index is -3.79. The van der Waals surface area contributed by atoms with Gasteiger partial charge >= 0.3 is 5.97 Å². The maximum atomic E-state index is 13.1. The molecule has 7 heteroatoms. The van der Waals surface area contributed by atoms with E-state index in [9.17, 15) is 17.6 Å². The molecule has 0 amide bonds. The number of aromatic nitrogens is 1. The van der Waals surface area contributed by atoms with Crippen LogP contribution >= 0.6 is 0 Å². The Morgan fingerprint density at radius 1 is 1.29 bits per heavy atom. The first-order chi connectivity index (χ1) is 9.79. The maximum absolute atomic E-state index is 13.1. The first kappa shape index (κ1) is 15.1. The fourth-order valence-corrected chi connectivity index (χ4v) is 3.52. The van der Waals surface area contributed by atoms with Crippen LogP contribution in [-0.2, 0) is 15.6 Å². The predicted molar refractivity (Wildman–Crippen MR) is 73.2 cm³/mol. The van der Waals surface area contributed by atoms with E-state index < -0.39 is 27.4 Å².